The topological polar surface area (TPSA) is 95.9 Å². The summed E-state index contributed by atoms with van der Waals surface area (Å²) < 4.78 is 16.9. The number of carbonyl (C=O) groups excluding carboxylic acids is 3. The Labute approximate surface area is 157 Å². The lowest BCUT2D eigenvalue weighted by molar-refractivity contribution is -0.144. The summed E-state index contributed by atoms with van der Waals surface area (Å²) in [5.41, 5.74) is 1.12. The van der Waals surface area contributed by atoms with Gasteiger partial charge in [0.05, 0.1) is 25.8 Å². The van der Waals surface area contributed by atoms with E-state index in [1.54, 1.807) is 38.2 Å². The molecule has 146 valence electrons. The van der Waals surface area contributed by atoms with Crippen molar-refractivity contribution in [2.45, 2.75) is 26.7 Å². The molecular formula is C19H24N2O6. The fourth-order valence-corrected chi connectivity index (χ4v) is 2.79. The number of amides is 1. The van der Waals surface area contributed by atoms with Crippen LogP contribution >= 0.6 is 0 Å². The third-order valence-electron chi connectivity index (χ3n) is 4.01. The molecule has 1 unspecified atom stereocenters. The van der Waals surface area contributed by atoms with Crippen LogP contribution in [0.15, 0.2) is 24.4 Å². The zero-order valence-electron chi connectivity index (χ0n) is 15.9. The second kappa shape index (κ2) is 9.07. The summed E-state index contributed by atoms with van der Waals surface area (Å²) in [6.07, 6.45) is 0.993. The maximum absolute atomic E-state index is 12.5. The normalized spacial score (nSPS) is 11.7. The molecule has 1 N–H and O–H groups in total. The van der Waals surface area contributed by atoms with Gasteiger partial charge in [0.2, 0.25) is 5.91 Å². The summed E-state index contributed by atoms with van der Waals surface area (Å²) in [7, 11) is 1.53. The molecule has 0 radical (unpaired) electrons. The van der Waals surface area contributed by atoms with Crippen LogP contribution in [-0.2, 0) is 19.1 Å². The summed E-state index contributed by atoms with van der Waals surface area (Å²) >= 11 is 0. The number of nitrogens with zero attached hydrogens (tertiary/aromatic N) is 1. The van der Waals surface area contributed by atoms with Gasteiger partial charge in [0.15, 0.2) is 0 Å². The number of hydrogen-bond acceptors (Lipinski definition) is 6. The van der Waals surface area contributed by atoms with E-state index in [4.69, 9.17) is 14.2 Å². The van der Waals surface area contributed by atoms with Gasteiger partial charge in [-0.25, -0.2) is 4.79 Å². The number of fused-ring (bicyclic) bond motifs is 1. The SMILES string of the molecule is CCOC(=O)C(CNC(C)=O)c1cn(C(=O)OCC)c2ccc(OC)cc12. The number of esters is 1. The molecule has 0 saturated heterocycles. The van der Waals surface area contributed by atoms with Crippen LogP contribution in [0.3, 0.4) is 0 Å². The molecule has 0 aliphatic heterocycles. The zero-order chi connectivity index (χ0) is 20.0. The maximum Gasteiger partial charge on any atom is 0.418 e. The van der Waals surface area contributed by atoms with Crippen LogP contribution in [0.4, 0.5) is 4.79 Å². The number of hydrogen-bond donors (Lipinski definition) is 1. The molecule has 8 nitrogen and oxygen atoms in total. The first kappa shape index (κ1) is 20.3. The first-order valence-corrected chi connectivity index (χ1v) is 8.70. The molecule has 1 aromatic heterocycles. The van der Waals surface area contributed by atoms with Crippen molar-refractivity contribution in [2.75, 3.05) is 26.9 Å². The van der Waals surface area contributed by atoms with E-state index in [-0.39, 0.29) is 25.7 Å². The number of ether oxygens (including phenoxy) is 3. The Hall–Kier alpha value is -3.03. The average molecular weight is 376 g/mol. The number of carbonyl (C=O) groups is 3. The summed E-state index contributed by atoms with van der Waals surface area (Å²) in [6, 6.07) is 5.17. The van der Waals surface area contributed by atoms with Crippen molar-refractivity contribution in [3.05, 3.63) is 30.0 Å². The minimum absolute atomic E-state index is 0.0489. The molecular weight excluding hydrogens is 352 g/mol. The van der Waals surface area contributed by atoms with Gasteiger partial charge in [-0.15, -0.1) is 0 Å². The zero-order valence-corrected chi connectivity index (χ0v) is 15.9. The van der Waals surface area contributed by atoms with Crippen LogP contribution in [0.1, 0.15) is 32.3 Å². The van der Waals surface area contributed by atoms with Gasteiger partial charge in [-0.05, 0) is 37.6 Å². The average Bonchev–Trinajstić information content (AvgIpc) is 3.01. The largest absolute Gasteiger partial charge is 0.497 e. The molecule has 0 aliphatic rings. The Morgan fingerprint density at radius 2 is 1.85 bits per heavy atom. The number of methoxy groups -OCH3 is 1. The Bertz CT molecular complexity index is 842. The smallest absolute Gasteiger partial charge is 0.418 e. The first-order valence-electron chi connectivity index (χ1n) is 8.70. The van der Waals surface area contributed by atoms with Crippen LogP contribution in [0.2, 0.25) is 0 Å². The predicted octanol–water partition coefficient (Wildman–Crippen LogP) is 2.44. The molecule has 0 fully saturated rings. The third kappa shape index (κ3) is 4.58. The van der Waals surface area contributed by atoms with Crippen molar-refractivity contribution in [2.24, 2.45) is 0 Å². The fourth-order valence-electron chi connectivity index (χ4n) is 2.79. The molecule has 2 aromatic rings. The molecule has 0 bridgehead atoms. The summed E-state index contributed by atoms with van der Waals surface area (Å²) in [6.45, 7) is 5.26. The van der Waals surface area contributed by atoms with E-state index < -0.39 is 18.0 Å². The monoisotopic (exact) mass is 376 g/mol. The molecule has 1 amide bonds. The van der Waals surface area contributed by atoms with Crippen molar-refractivity contribution < 1.29 is 28.6 Å². The van der Waals surface area contributed by atoms with Gasteiger partial charge >= 0.3 is 12.1 Å². The summed E-state index contributed by atoms with van der Waals surface area (Å²) in [5, 5.41) is 3.29. The molecule has 0 spiro atoms. The van der Waals surface area contributed by atoms with E-state index in [0.717, 1.165) is 0 Å². The van der Waals surface area contributed by atoms with E-state index in [1.807, 2.05) is 0 Å². The molecule has 1 heterocycles. The minimum Gasteiger partial charge on any atom is -0.497 e. The Balaban J connectivity index is 2.61. The Morgan fingerprint density at radius 3 is 2.44 bits per heavy atom. The van der Waals surface area contributed by atoms with Crippen molar-refractivity contribution in [3.63, 3.8) is 0 Å². The second-order valence-electron chi connectivity index (χ2n) is 5.78. The molecule has 27 heavy (non-hydrogen) atoms. The number of aromatic nitrogens is 1. The van der Waals surface area contributed by atoms with Gasteiger partial charge in [0.25, 0.3) is 0 Å². The van der Waals surface area contributed by atoms with E-state index in [2.05, 4.69) is 5.32 Å². The van der Waals surface area contributed by atoms with Gasteiger partial charge in [0.1, 0.15) is 11.7 Å². The number of benzene rings is 1. The third-order valence-corrected chi connectivity index (χ3v) is 4.01. The fraction of sp³-hybridized carbons (Fsp3) is 0.421. The predicted molar refractivity (Wildman–Crippen MR) is 99.0 cm³/mol. The van der Waals surface area contributed by atoms with Crippen molar-refractivity contribution >= 4 is 28.9 Å². The first-order chi connectivity index (χ1) is 12.9. The Kier molecular flexibility index (Phi) is 6.81. The molecule has 1 atom stereocenters. The van der Waals surface area contributed by atoms with E-state index >= 15 is 0 Å². The van der Waals surface area contributed by atoms with Crippen LogP contribution in [0.5, 0.6) is 5.75 Å². The quantitative estimate of drug-likeness (QED) is 0.746. The number of rotatable bonds is 7. The van der Waals surface area contributed by atoms with Crippen molar-refractivity contribution in [3.8, 4) is 5.75 Å². The standard InChI is InChI=1S/C19H24N2O6/c1-5-26-18(23)15(10-20-12(3)22)16-11-21(19(24)27-6-2)17-8-7-13(25-4)9-14(16)17/h7-9,11,15H,5-6,10H2,1-4H3,(H,20,22). The molecule has 8 heteroatoms. The lowest BCUT2D eigenvalue weighted by Gasteiger charge is -2.15. The summed E-state index contributed by atoms with van der Waals surface area (Å²) in [5.74, 6) is -0.959. The summed E-state index contributed by atoms with van der Waals surface area (Å²) in [4.78, 5) is 36.2. The minimum atomic E-state index is -0.779. The van der Waals surface area contributed by atoms with Crippen molar-refractivity contribution in [1.82, 2.24) is 9.88 Å². The van der Waals surface area contributed by atoms with Gasteiger partial charge in [-0.1, -0.05) is 0 Å². The van der Waals surface area contributed by atoms with Gasteiger partial charge in [-0.3, -0.25) is 14.2 Å². The van der Waals surface area contributed by atoms with Crippen LogP contribution in [0.25, 0.3) is 10.9 Å². The van der Waals surface area contributed by atoms with E-state index in [0.29, 0.717) is 22.2 Å². The van der Waals surface area contributed by atoms with E-state index in [9.17, 15) is 14.4 Å². The van der Waals surface area contributed by atoms with Crippen LogP contribution in [-0.4, -0.2) is 49.4 Å². The van der Waals surface area contributed by atoms with Crippen molar-refractivity contribution in [1.29, 1.82) is 0 Å². The molecule has 1 aromatic carbocycles. The van der Waals surface area contributed by atoms with Crippen LogP contribution < -0.4 is 10.1 Å². The highest BCUT2D eigenvalue weighted by Crippen LogP contribution is 2.31. The lowest BCUT2D eigenvalue weighted by Crippen LogP contribution is -2.31. The molecule has 0 aliphatic carbocycles. The van der Waals surface area contributed by atoms with Crippen LogP contribution in [0, 0.1) is 0 Å². The molecule has 2 rings (SSSR count). The Morgan fingerprint density at radius 1 is 1.15 bits per heavy atom. The highest BCUT2D eigenvalue weighted by Gasteiger charge is 2.28. The maximum atomic E-state index is 12.5. The van der Waals surface area contributed by atoms with Gasteiger partial charge in [-0.2, -0.15) is 0 Å². The number of nitrogens with one attached hydrogen (secondary N) is 1. The highest BCUT2D eigenvalue weighted by molar-refractivity contribution is 5.96. The van der Waals surface area contributed by atoms with Gasteiger partial charge < -0.3 is 19.5 Å². The molecule has 0 saturated carbocycles. The second-order valence-corrected chi connectivity index (χ2v) is 5.78. The van der Waals surface area contributed by atoms with Gasteiger partial charge in [0, 0.05) is 25.1 Å². The lowest BCUT2D eigenvalue weighted by atomic mass is 9.98. The highest BCUT2D eigenvalue weighted by atomic mass is 16.5. The van der Waals surface area contributed by atoms with E-state index in [1.165, 1.54) is 18.6 Å².